The monoisotopic (exact) mass is 132 g/mol. The Morgan fingerprint density at radius 2 is 2.22 bits per heavy atom. The van der Waals surface area contributed by atoms with Crippen molar-refractivity contribution in [2.24, 2.45) is 0 Å². The van der Waals surface area contributed by atoms with Crippen LogP contribution in [0, 0.1) is 0 Å². The number of nitrogens with one attached hydrogen (secondary N) is 1. The van der Waals surface area contributed by atoms with Crippen molar-refractivity contribution in [1.29, 1.82) is 0 Å². The maximum absolute atomic E-state index is 10.3. The van der Waals surface area contributed by atoms with Gasteiger partial charge in [0.1, 0.15) is 0 Å². The fourth-order valence-corrected chi connectivity index (χ4v) is 0.456. The second-order valence-corrected chi connectivity index (χ2v) is 2.29. The quantitative estimate of drug-likeness (QED) is 0.583. The Morgan fingerprint density at radius 3 is 2.56 bits per heavy atom. The third kappa shape index (κ3) is 7.43. The van der Waals surface area contributed by atoms with Crippen LogP contribution in [0.1, 0.15) is 8.35 Å². The van der Waals surface area contributed by atoms with Crippen molar-refractivity contribution >= 4 is 5.91 Å². The van der Waals surface area contributed by atoms with Gasteiger partial charge in [0, 0.05) is 21.4 Å². The lowest BCUT2D eigenvalue weighted by molar-refractivity contribution is -0.118. The SMILES string of the molecule is CC(=O)NCCN(C)C.[HH]. The van der Waals surface area contributed by atoms with Crippen LogP contribution in [-0.4, -0.2) is 38.0 Å². The van der Waals surface area contributed by atoms with Crippen molar-refractivity contribution in [3.05, 3.63) is 0 Å². The van der Waals surface area contributed by atoms with E-state index >= 15 is 0 Å². The van der Waals surface area contributed by atoms with Crippen LogP contribution in [0.3, 0.4) is 0 Å². The smallest absolute Gasteiger partial charge is 0.216 e. The zero-order valence-corrected chi connectivity index (χ0v) is 6.27. The molecule has 0 spiro atoms. The first-order valence-corrected chi connectivity index (χ1v) is 3.02. The van der Waals surface area contributed by atoms with Crippen molar-refractivity contribution in [3.63, 3.8) is 0 Å². The summed E-state index contributed by atoms with van der Waals surface area (Å²) in [6.07, 6.45) is 0. The van der Waals surface area contributed by atoms with Crippen molar-refractivity contribution in [2.75, 3.05) is 27.2 Å². The Bertz CT molecular complexity index is 95.7. The lowest BCUT2D eigenvalue weighted by Gasteiger charge is -2.08. The molecule has 0 aromatic rings. The third-order valence-corrected chi connectivity index (χ3v) is 0.933. The van der Waals surface area contributed by atoms with Crippen LogP contribution in [0.5, 0.6) is 0 Å². The third-order valence-electron chi connectivity index (χ3n) is 0.933. The van der Waals surface area contributed by atoms with E-state index in [2.05, 4.69) is 5.32 Å². The predicted molar refractivity (Wildman–Crippen MR) is 39.4 cm³/mol. The maximum Gasteiger partial charge on any atom is 0.216 e. The van der Waals surface area contributed by atoms with Crippen LogP contribution in [0.15, 0.2) is 0 Å². The van der Waals surface area contributed by atoms with E-state index in [4.69, 9.17) is 0 Å². The zero-order chi connectivity index (χ0) is 7.28. The minimum atomic E-state index is 0. The highest BCUT2D eigenvalue weighted by atomic mass is 16.1. The van der Waals surface area contributed by atoms with Crippen LogP contribution < -0.4 is 5.32 Å². The normalized spacial score (nSPS) is 9.78. The van der Waals surface area contributed by atoms with Gasteiger partial charge in [-0.3, -0.25) is 4.79 Å². The summed E-state index contributed by atoms with van der Waals surface area (Å²) in [5, 5.41) is 2.70. The number of carbonyl (C=O) groups is 1. The van der Waals surface area contributed by atoms with Crippen LogP contribution in [0.25, 0.3) is 0 Å². The van der Waals surface area contributed by atoms with E-state index in [1.165, 1.54) is 6.92 Å². The van der Waals surface area contributed by atoms with Crippen molar-refractivity contribution in [3.8, 4) is 0 Å². The molecule has 0 rings (SSSR count). The molecule has 0 aliphatic carbocycles. The van der Waals surface area contributed by atoms with E-state index < -0.39 is 0 Å². The van der Waals surface area contributed by atoms with Gasteiger partial charge in [0.2, 0.25) is 5.91 Å². The fraction of sp³-hybridized carbons (Fsp3) is 0.833. The second kappa shape index (κ2) is 4.32. The van der Waals surface area contributed by atoms with Gasteiger partial charge in [-0.1, -0.05) is 0 Å². The Morgan fingerprint density at radius 1 is 1.67 bits per heavy atom. The maximum atomic E-state index is 10.3. The van der Waals surface area contributed by atoms with Crippen LogP contribution in [0.2, 0.25) is 0 Å². The largest absolute Gasteiger partial charge is 0.355 e. The highest BCUT2D eigenvalue weighted by Crippen LogP contribution is 1.69. The van der Waals surface area contributed by atoms with E-state index in [1.807, 2.05) is 19.0 Å². The van der Waals surface area contributed by atoms with Gasteiger partial charge in [-0.2, -0.15) is 0 Å². The molecule has 1 N–H and O–H groups in total. The predicted octanol–water partition coefficient (Wildman–Crippen LogP) is -0.0699. The van der Waals surface area contributed by atoms with E-state index in [9.17, 15) is 4.79 Å². The molecule has 0 heterocycles. The Labute approximate surface area is 57.5 Å². The molecule has 0 unspecified atom stereocenters. The highest BCUT2D eigenvalue weighted by Gasteiger charge is 1.90. The molecule has 3 heteroatoms. The molecule has 9 heavy (non-hydrogen) atoms. The number of nitrogens with zero attached hydrogens (tertiary/aromatic N) is 1. The van der Waals surface area contributed by atoms with Gasteiger partial charge in [0.05, 0.1) is 0 Å². The molecule has 0 saturated heterocycles. The van der Waals surface area contributed by atoms with E-state index in [0.29, 0.717) is 0 Å². The topological polar surface area (TPSA) is 32.3 Å². The van der Waals surface area contributed by atoms with Crippen LogP contribution >= 0.6 is 0 Å². The molecular formula is C6H16N2O. The summed E-state index contributed by atoms with van der Waals surface area (Å²) in [5.74, 6) is 0.0388. The summed E-state index contributed by atoms with van der Waals surface area (Å²) in [4.78, 5) is 12.3. The molecule has 0 aromatic heterocycles. The van der Waals surface area contributed by atoms with Crippen LogP contribution in [0.4, 0.5) is 0 Å². The van der Waals surface area contributed by atoms with Gasteiger partial charge < -0.3 is 10.2 Å². The number of hydrogen-bond acceptors (Lipinski definition) is 2. The average molecular weight is 132 g/mol. The molecule has 0 aliphatic heterocycles. The molecule has 3 nitrogen and oxygen atoms in total. The van der Waals surface area contributed by atoms with Gasteiger partial charge in [-0.15, -0.1) is 0 Å². The summed E-state index contributed by atoms with van der Waals surface area (Å²) < 4.78 is 0. The Hall–Kier alpha value is -0.570. The number of amides is 1. The molecule has 0 bridgehead atoms. The summed E-state index contributed by atoms with van der Waals surface area (Å²) in [5.41, 5.74) is 0. The first-order valence-electron chi connectivity index (χ1n) is 3.02. The summed E-state index contributed by atoms with van der Waals surface area (Å²) in [7, 11) is 3.95. The minimum absolute atomic E-state index is 0. The zero-order valence-electron chi connectivity index (χ0n) is 6.27. The molecule has 0 radical (unpaired) electrons. The minimum Gasteiger partial charge on any atom is -0.355 e. The fourth-order valence-electron chi connectivity index (χ4n) is 0.456. The molecule has 0 atom stereocenters. The number of hydrogen-bond donors (Lipinski definition) is 1. The van der Waals surface area contributed by atoms with Gasteiger partial charge in [0.15, 0.2) is 0 Å². The van der Waals surface area contributed by atoms with Crippen molar-refractivity contribution in [1.82, 2.24) is 10.2 Å². The molecule has 0 saturated carbocycles. The van der Waals surface area contributed by atoms with E-state index in [1.54, 1.807) is 0 Å². The lowest BCUT2D eigenvalue weighted by atomic mass is 10.5. The number of carbonyl (C=O) groups excluding carboxylic acids is 1. The molecule has 0 aromatic carbocycles. The lowest BCUT2D eigenvalue weighted by Crippen LogP contribution is -2.29. The molecular weight excluding hydrogens is 116 g/mol. The first kappa shape index (κ1) is 8.43. The first-order chi connectivity index (χ1) is 4.13. The van der Waals surface area contributed by atoms with Crippen molar-refractivity contribution < 1.29 is 6.22 Å². The molecule has 1 amide bonds. The summed E-state index contributed by atoms with van der Waals surface area (Å²) in [6, 6.07) is 0. The Kier molecular flexibility index (Phi) is 4.05. The molecule has 56 valence electrons. The number of rotatable bonds is 3. The highest BCUT2D eigenvalue weighted by molar-refractivity contribution is 5.72. The van der Waals surface area contributed by atoms with Gasteiger partial charge >= 0.3 is 0 Å². The standard InChI is InChI=1S/C6H14N2O.H2/c1-6(9)7-4-5-8(2)3;/h4-5H2,1-3H3,(H,7,9);1H. The average Bonchev–Trinajstić information content (AvgIpc) is 1.63. The van der Waals surface area contributed by atoms with Gasteiger partial charge in [0.25, 0.3) is 0 Å². The van der Waals surface area contributed by atoms with Crippen molar-refractivity contribution in [2.45, 2.75) is 6.92 Å². The van der Waals surface area contributed by atoms with Gasteiger partial charge in [-0.05, 0) is 14.1 Å². The summed E-state index contributed by atoms with van der Waals surface area (Å²) >= 11 is 0. The van der Waals surface area contributed by atoms with E-state index in [-0.39, 0.29) is 7.33 Å². The number of likely N-dealkylation sites (N-methyl/N-ethyl adjacent to an activating group) is 1. The van der Waals surface area contributed by atoms with Gasteiger partial charge in [-0.25, -0.2) is 0 Å². The summed E-state index contributed by atoms with van der Waals surface area (Å²) in [6.45, 7) is 3.16. The molecule has 0 aliphatic rings. The second-order valence-electron chi connectivity index (χ2n) is 2.29. The molecule has 0 fully saturated rings. The Balaban J connectivity index is 0. The van der Waals surface area contributed by atoms with Crippen LogP contribution in [-0.2, 0) is 4.79 Å². The van der Waals surface area contributed by atoms with E-state index in [0.717, 1.165) is 13.1 Å².